The van der Waals surface area contributed by atoms with Crippen LogP contribution in [0.3, 0.4) is 0 Å². The second kappa shape index (κ2) is 7.88. The molecule has 2 aromatic carbocycles. The average molecular weight is 339 g/mol. The molecule has 0 aliphatic heterocycles. The molecule has 4 heteroatoms. The fourth-order valence-electron chi connectivity index (χ4n) is 2.14. The maximum absolute atomic E-state index is 12.0. The maximum Gasteiger partial charge on any atom is 0.182 e. The molecule has 0 aromatic heterocycles. The Balaban J connectivity index is 2.17. The monoisotopic (exact) mass is 339 g/mol. The summed E-state index contributed by atoms with van der Waals surface area (Å²) in [7, 11) is 3.27. The fraction of sp³-hybridized carbons (Fsp3) is 0.286. The van der Waals surface area contributed by atoms with Crippen LogP contribution in [0.2, 0.25) is 0 Å². The van der Waals surface area contributed by atoms with Crippen molar-refractivity contribution in [1.82, 2.24) is 0 Å². The lowest BCUT2D eigenvalue weighted by molar-refractivity contribution is -0.530. The number of hydroxylamine groups is 1. The Hall–Kier alpha value is -2.75. The van der Waals surface area contributed by atoms with Crippen LogP contribution in [0, 0.1) is 5.21 Å². The molecule has 0 atom stereocenters. The van der Waals surface area contributed by atoms with E-state index in [-0.39, 0.29) is 0 Å². The SMILES string of the molecule is COc1cc(/C=C/c2ccc(/C=[N+](/[O-])C(C)(C)C)cc2)cc(OC)c1. The zero-order chi connectivity index (χ0) is 18.4. The highest BCUT2D eigenvalue weighted by Gasteiger charge is 2.17. The molecule has 0 saturated carbocycles. The molecular formula is C21H25NO3. The Morgan fingerprint density at radius 2 is 1.28 bits per heavy atom. The molecule has 0 radical (unpaired) electrons. The van der Waals surface area contributed by atoms with Crippen molar-refractivity contribution in [1.29, 1.82) is 0 Å². The van der Waals surface area contributed by atoms with Crippen molar-refractivity contribution in [2.45, 2.75) is 26.3 Å². The summed E-state index contributed by atoms with van der Waals surface area (Å²) in [5.74, 6) is 1.50. The first-order chi connectivity index (χ1) is 11.8. The maximum atomic E-state index is 12.0. The second-order valence-corrected chi connectivity index (χ2v) is 6.77. The van der Waals surface area contributed by atoms with Gasteiger partial charge < -0.3 is 14.7 Å². The second-order valence-electron chi connectivity index (χ2n) is 6.77. The molecule has 0 spiro atoms. The van der Waals surface area contributed by atoms with E-state index in [1.807, 2.05) is 75.4 Å². The minimum Gasteiger partial charge on any atom is -0.623 e. The number of benzene rings is 2. The zero-order valence-electron chi connectivity index (χ0n) is 15.4. The molecule has 2 aromatic rings. The van der Waals surface area contributed by atoms with E-state index in [1.165, 1.54) is 0 Å². The van der Waals surface area contributed by atoms with E-state index in [0.717, 1.165) is 32.9 Å². The lowest BCUT2D eigenvalue weighted by atomic mass is 10.1. The molecule has 0 amide bonds. The van der Waals surface area contributed by atoms with Gasteiger partial charge in [-0.25, -0.2) is 4.74 Å². The normalized spacial score (nSPS) is 12.4. The van der Waals surface area contributed by atoms with Crippen LogP contribution in [0.1, 0.15) is 37.5 Å². The molecule has 0 N–H and O–H groups in total. The van der Waals surface area contributed by atoms with E-state index >= 15 is 0 Å². The third-order valence-corrected chi connectivity index (χ3v) is 3.71. The Kier molecular flexibility index (Phi) is 5.86. The van der Waals surface area contributed by atoms with E-state index in [2.05, 4.69) is 0 Å². The lowest BCUT2D eigenvalue weighted by Crippen LogP contribution is -2.29. The number of ether oxygens (including phenoxy) is 2. The van der Waals surface area contributed by atoms with Gasteiger partial charge in [0.1, 0.15) is 11.5 Å². The predicted molar refractivity (Wildman–Crippen MR) is 103 cm³/mol. The van der Waals surface area contributed by atoms with Gasteiger partial charge in [-0.05, 0) is 35.4 Å². The van der Waals surface area contributed by atoms with Crippen LogP contribution in [-0.2, 0) is 0 Å². The Morgan fingerprint density at radius 1 is 0.800 bits per heavy atom. The van der Waals surface area contributed by atoms with Crippen molar-refractivity contribution < 1.29 is 14.2 Å². The topological polar surface area (TPSA) is 44.5 Å². The van der Waals surface area contributed by atoms with Crippen LogP contribution in [0.25, 0.3) is 12.2 Å². The summed E-state index contributed by atoms with van der Waals surface area (Å²) in [6, 6.07) is 13.6. The molecule has 0 aliphatic rings. The van der Waals surface area contributed by atoms with Gasteiger partial charge in [-0.15, -0.1) is 0 Å². The first-order valence-electron chi connectivity index (χ1n) is 8.14. The molecular weight excluding hydrogens is 314 g/mol. The van der Waals surface area contributed by atoms with Crippen molar-refractivity contribution in [3.63, 3.8) is 0 Å². The van der Waals surface area contributed by atoms with E-state index in [0.29, 0.717) is 0 Å². The van der Waals surface area contributed by atoms with E-state index in [9.17, 15) is 5.21 Å². The predicted octanol–water partition coefficient (Wildman–Crippen LogP) is 4.60. The number of methoxy groups -OCH3 is 2. The summed E-state index contributed by atoms with van der Waals surface area (Å²) in [4.78, 5) is 0. The van der Waals surface area contributed by atoms with Gasteiger partial charge in [0.25, 0.3) is 0 Å². The largest absolute Gasteiger partial charge is 0.623 e. The molecule has 0 unspecified atom stereocenters. The highest BCUT2D eigenvalue weighted by atomic mass is 16.5. The molecule has 2 rings (SSSR count). The lowest BCUT2D eigenvalue weighted by Gasteiger charge is -2.18. The van der Waals surface area contributed by atoms with E-state index < -0.39 is 5.54 Å². The summed E-state index contributed by atoms with van der Waals surface area (Å²) in [6.07, 6.45) is 5.62. The van der Waals surface area contributed by atoms with E-state index in [1.54, 1.807) is 20.4 Å². The van der Waals surface area contributed by atoms with Gasteiger partial charge in [0, 0.05) is 32.4 Å². The Morgan fingerprint density at radius 3 is 1.76 bits per heavy atom. The molecule has 0 aliphatic carbocycles. The summed E-state index contributed by atoms with van der Waals surface area (Å²) >= 11 is 0. The third kappa shape index (κ3) is 5.38. The van der Waals surface area contributed by atoms with Gasteiger partial charge in [-0.3, -0.25) is 0 Å². The van der Waals surface area contributed by atoms with Crippen LogP contribution >= 0.6 is 0 Å². The minimum atomic E-state index is -0.440. The minimum absolute atomic E-state index is 0.440. The van der Waals surface area contributed by atoms with Crippen molar-refractivity contribution >= 4 is 18.4 Å². The summed E-state index contributed by atoms with van der Waals surface area (Å²) in [6.45, 7) is 5.65. The first-order valence-corrected chi connectivity index (χ1v) is 8.14. The van der Waals surface area contributed by atoms with Crippen LogP contribution in [0.15, 0.2) is 42.5 Å². The van der Waals surface area contributed by atoms with Gasteiger partial charge in [-0.1, -0.05) is 24.3 Å². The van der Waals surface area contributed by atoms with Gasteiger partial charge in [-0.2, -0.15) is 0 Å². The van der Waals surface area contributed by atoms with Crippen molar-refractivity contribution in [2.75, 3.05) is 14.2 Å². The van der Waals surface area contributed by atoms with Gasteiger partial charge in [0.2, 0.25) is 0 Å². The number of hydrogen-bond donors (Lipinski definition) is 0. The number of nitrogens with zero attached hydrogens (tertiary/aromatic N) is 1. The van der Waals surface area contributed by atoms with Gasteiger partial charge in [0.05, 0.1) is 14.2 Å². The van der Waals surface area contributed by atoms with Crippen LogP contribution in [0.4, 0.5) is 0 Å². The van der Waals surface area contributed by atoms with Crippen molar-refractivity contribution in [2.24, 2.45) is 0 Å². The van der Waals surface area contributed by atoms with Gasteiger partial charge >= 0.3 is 0 Å². The average Bonchev–Trinajstić information content (AvgIpc) is 2.60. The zero-order valence-corrected chi connectivity index (χ0v) is 15.4. The molecule has 0 saturated heterocycles. The standard InChI is InChI=1S/C21H25NO3/c1-21(2,3)22(23)15-17-9-6-16(7-10-17)8-11-18-12-19(24-4)14-20(13-18)25-5/h6-15H,1-5H3/b11-8+,22-15+. The van der Waals surface area contributed by atoms with Gasteiger partial charge in [0.15, 0.2) is 11.8 Å². The molecule has 132 valence electrons. The van der Waals surface area contributed by atoms with E-state index in [4.69, 9.17) is 9.47 Å². The summed E-state index contributed by atoms with van der Waals surface area (Å²) in [5.41, 5.74) is 2.48. The first kappa shape index (κ1) is 18.6. The Bertz CT molecular complexity index is 746. The number of rotatable bonds is 5. The quantitative estimate of drug-likeness (QED) is 0.263. The van der Waals surface area contributed by atoms with Crippen molar-refractivity contribution in [3.05, 3.63) is 64.4 Å². The molecule has 0 fully saturated rings. The van der Waals surface area contributed by atoms with Crippen LogP contribution in [-0.4, -0.2) is 30.7 Å². The summed E-state index contributed by atoms with van der Waals surface area (Å²) in [5, 5.41) is 12.0. The molecule has 4 nitrogen and oxygen atoms in total. The van der Waals surface area contributed by atoms with Crippen LogP contribution < -0.4 is 9.47 Å². The van der Waals surface area contributed by atoms with Crippen LogP contribution in [0.5, 0.6) is 11.5 Å². The highest BCUT2D eigenvalue weighted by molar-refractivity contribution is 5.77. The fourth-order valence-corrected chi connectivity index (χ4v) is 2.14. The number of hydrogen-bond acceptors (Lipinski definition) is 3. The molecule has 0 heterocycles. The molecule has 25 heavy (non-hydrogen) atoms. The van der Waals surface area contributed by atoms with Crippen molar-refractivity contribution in [3.8, 4) is 11.5 Å². The molecule has 0 bridgehead atoms. The Labute approximate surface area is 149 Å². The third-order valence-electron chi connectivity index (χ3n) is 3.71. The smallest absolute Gasteiger partial charge is 0.182 e. The highest BCUT2D eigenvalue weighted by Crippen LogP contribution is 2.23. The summed E-state index contributed by atoms with van der Waals surface area (Å²) < 4.78 is 11.5.